The fourth-order valence-electron chi connectivity index (χ4n) is 1.64. The Morgan fingerprint density at radius 3 is 2.74 bits per heavy atom. The van der Waals surface area contributed by atoms with Crippen molar-refractivity contribution in [3.8, 4) is 5.75 Å². The first kappa shape index (κ1) is 13.7. The van der Waals surface area contributed by atoms with Crippen molar-refractivity contribution in [2.45, 2.75) is 0 Å². The highest BCUT2D eigenvalue weighted by Crippen LogP contribution is 2.20. The molecule has 0 saturated carbocycles. The van der Waals surface area contributed by atoms with Crippen molar-refractivity contribution in [3.05, 3.63) is 51.6 Å². The lowest BCUT2D eigenvalue weighted by molar-refractivity contribution is 0.102. The summed E-state index contributed by atoms with van der Waals surface area (Å²) < 4.78 is 6.15. The first-order chi connectivity index (χ1) is 9.08. The Hall–Kier alpha value is -1.76. The maximum atomic E-state index is 12.1. The second kappa shape index (κ2) is 5.92. The van der Waals surface area contributed by atoms with E-state index in [1.807, 2.05) is 24.3 Å². The maximum Gasteiger partial charge on any atom is 0.255 e. The number of nitrogens with two attached hydrogens (primary N) is 1. The fourth-order valence-corrected chi connectivity index (χ4v) is 2.18. The van der Waals surface area contributed by atoms with Gasteiger partial charge >= 0.3 is 0 Å². The average Bonchev–Trinajstić information content (AvgIpc) is 2.38. The van der Waals surface area contributed by atoms with Crippen LogP contribution in [0.25, 0.3) is 0 Å². The third-order valence-corrected chi connectivity index (χ3v) is 3.18. The van der Waals surface area contributed by atoms with Crippen molar-refractivity contribution in [1.82, 2.24) is 0 Å². The van der Waals surface area contributed by atoms with Crippen LogP contribution in [0.1, 0.15) is 10.4 Å². The lowest BCUT2D eigenvalue weighted by Gasteiger charge is -2.08. The normalized spacial score (nSPS) is 10.0. The molecule has 0 aliphatic heterocycles. The van der Waals surface area contributed by atoms with E-state index in [9.17, 15) is 4.79 Å². The summed E-state index contributed by atoms with van der Waals surface area (Å²) >= 11 is 2.19. The number of benzene rings is 2. The third-order valence-electron chi connectivity index (χ3n) is 2.51. The van der Waals surface area contributed by atoms with E-state index < -0.39 is 0 Å². The average molecular weight is 368 g/mol. The van der Waals surface area contributed by atoms with Gasteiger partial charge in [0.2, 0.25) is 0 Å². The highest BCUT2D eigenvalue weighted by Gasteiger charge is 2.09. The van der Waals surface area contributed by atoms with Crippen LogP contribution in [-0.2, 0) is 0 Å². The molecule has 2 aromatic rings. The van der Waals surface area contributed by atoms with Gasteiger partial charge in [-0.2, -0.15) is 0 Å². The van der Waals surface area contributed by atoms with E-state index in [2.05, 4.69) is 27.9 Å². The Balaban J connectivity index is 2.22. The number of nitrogens with one attached hydrogen (secondary N) is 1. The molecule has 0 bridgehead atoms. The van der Waals surface area contributed by atoms with Crippen LogP contribution in [0.2, 0.25) is 0 Å². The maximum absolute atomic E-state index is 12.1. The Bertz CT molecular complexity index is 614. The first-order valence-corrected chi connectivity index (χ1v) is 6.68. The molecule has 0 heterocycles. The summed E-state index contributed by atoms with van der Waals surface area (Å²) in [5.74, 6) is 0.348. The molecule has 5 heteroatoms. The Morgan fingerprint density at radius 1 is 1.26 bits per heavy atom. The summed E-state index contributed by atoms with van der Waals surface area (Å²) in [7, 11) is 1.54. The van der Waals surface area contributed by atoms with Gasteiger partial charge in [-0.1, -0.05) is 6.07 Å². The Kier molecular flexibility index (Phi) is 4.26. The van der Waals surface area contributed by atoms with E-state index >= 15 is 0 Å². The predicted octanol–water partition coefficient (Wildman–Crippen LogP) is 3.13. The lowest BCUT2D eigenvalue weighted by atomic mass is 10.1. The number of ether oxygens (including phenoxy) is 1. The van der Waals surface area contributed by atoms with Crippen molar-refractivity contribution in [3.63, 3.8) is 0 Å². The third kappa shape index (κ3) is 3.60. The fraction of sp³-hybridized carbons (Fsp3) is 0.0714. The van der Waals surface area contributed by atoms with Crippen LogP contribution in [0.15, 0.2) is 42.5 Å². The molecule has 0 unspecified atom stereocenters. The van der Waals surface area contributed by atoms with Gasteiger partial charge in [-0.15, -0.1) is 0 Å². The number of rotatable bonds is 3. The van der Waals surface area contributed by atoms with Crippen molar-refractivity contribution in [2.24, 2.45) is 0 Å². The Morgan fingerprint density at radius 2 is 2.05 bits per heavy atom. The molecular formula is C14H13IN2O2. The van der Waals surface area contributed by atoms with Gasteiger partial charge in [0.25, 0.3) is 5.91 Å². The van der Waals surface area contributed by atoms with E-state index in [0.717, 1.165) is 9.26 Å². The molecule has 4 nitrogen and oxygen atoms in total. The smallest absolute Gasteiger partial charge is 0.255 e. The molecule has 0 aromatic heterocycles. The van der Waals surface area contributed by atoms with Gasteiger partial charge in [0, 0.05) is 26.6 Å². The van der Waals surface area contributed by atoms with Gasteiger partial charge in [-0.25, -0.2) is 0 Å². The van der Waals surface area contributed by atoms with E-state index in [-0.39, 0.29) is 5.91 Å². The summed E-state index contributed by atoms with van der Waals surface area (Å²) in [6.45, 7) is 0. The van der Waals surface area contributed by atoms with Crippen LogP contribution < -0.4 is 15.8 Å². The summed E-state index contributed by atoms with van der Waals surface area (Å²) in [5.41, 5.74) is 7.44. The molecule has 0 saturated heterocycles. The first-order valence-electron chi connectivity index (χ1n) is 5.60. The van der Waals surface area contributed by atoms with Crippen LogP contribution in [0.3, 0.4) is 0 Å². The highest BCUT2D eigenvalue weighted by molar-refractivity contribution is 14.1. The largest absolute Gasteiger partial charge is 0.497 e. The van der Waals surface area contributed by atoms with Crippen LogP contribution in [0.4, 0.5) is 11.4 Å². The highest BCUT2D eigenvalue weighted by atomic mass is 127. The van der Waals surface area contributed by atoms with Gasteiger partial charge in [0.05, 0.1) is 7.11 Å². The summed E-state index contributed by atoms with van der Waals surface area (Å²) in [6.07, 6.45) is 0. The molecule has 0 aliphatic carbocycles. The predicted molar refractivity (Wildman–Crippen MR) is 84.5 cm³/mol. The number of hydrogen-bond donors (Lipinski definition) is 2. The number of methoxy groups -OCH3 is 1. The quantitative estimate of drug-likeness (QED) is 0.646. The van der Waals surface area contributed by atoms with Crippen LogP contribution >= 0.6 is 22.6 Å². The summed E-state index contributed by atoms with van der Waals surface area (Å²) in [6, 6.07) is 12.5. The van der Waals surface area contributed by atoms with Gasteiger partial charge in [-0.05, 0) is 52.9 Å². The van der Waals surface area contributed by atoms with Crippen molar-refractivity contribution >= 4 is 39.9 Å². The second-order valence-corrected chi connectivity index (χ2v) is 5.20. The van der Waals surface area contributed by atoms with Crippen molar-refractivity contribution in [1.29, 1.82) is 0 Å². The van der Waals surface area contributed by atoms with E-state index in [0.29, 0.717) is 17.0 Å². The monoisotopic (exact) mass is 368 g/mol. The van der Waals surface area contributed by atoms with Crippen LogP contribution in [-0.4, -0.2) is 13.0 Å². The zero-order chi connectivity index (χ0) is 13.8. The molecule has 2 rings (SSSR count). The van der Waals surface area contributed by atoms with Crippen LogP contribution in [0, 0.1) is 3.57 Å². The topological polar surface area (TPSA) is 64.3 Å². The number of hydrogen-bond acceptors (Lipinski definition) is 3. The second-order valence-electron chi connectivity index (χ2n) is 3.96. The van der Waals surface area contributed by atoms with Gasteiger partial charge < -0.3 is 15.8 Å². The van der Waals surface area contributed by atoms with E-state index in [1.54, 1.807) is 18.2 Å². The van der Waals surface area contributed by atoms with E-state index in [1.165, 1.54) is 7.11 Å². The van der Waals surface area contributed by atoms with Crippen molar-refractivity contribution < 1.29 is 9.53 Å². The number of anilines is 2. The van der Waals surface area contributed by atoms with E-state index in [4.69, 9.17) is 10.5 Å². The van der Waals surface area contributed by atoms with Gasteiger partial charge in [0.1, 0.15) is 5.75 Å². The molecule has 98 valence electrons. The molecule has 0 radical (unpaired) electrons. The van der Waals surface area contributed by atoms with Crippen LogP contribution in [0.5, 0.6) is 5.75 Å². The summed E-state index contributed by atoms with van der Waals surface area (Å²) in [4.78, 5) is 12.1. The zero-order valence-electron chi connectivity index (χ0n) is 10.3. The minimum atomic E-state index is -0.215. The SMILES string of the molecule is COc1cc(N)cc(C(=O)Nc2cccc(I)c2)c1. The zero-order valence-corrected chi connectivity index (χ0v) is 12.5. The van der Waals surface area contributed by atoms with Gasteiger partial charge in [-0.3, -0.25) is 4.79 Å². The molecule has 0 spiro atoms. The minimum Gasteiger partial charge on any atom is -0.497 e. The Labute approximate surface area is 125 Å². The lowest BCUT2D eigenvalue weighted by Crippen LogP contribution is -2.12. The molecule has 2 aromatic carbocycles. The number of halogens is 1. The molecule has 3 N–H and O–H groups in total. The van der Waals surface area contributed by atoms with Crippen molar-refractivity contribution in [2.75, 3.05) is 18.2 Å². The standard InChI is InChI=1S/C14H13IN2O2/c1-19-13-6-9(5-11(16)8-13)14(18)17-12-4-2-3-10(15)7-12/h2-8H,16H2,1H3,(H,17,18). The molecule has 0 fully saturated rings. The minimum absolute atomic E-state index is 0.215. The molecule has 0 atom stereocenters. The number of nitrogen functional groups attached to an aromatic ring is 1. The molecule has 1 amide bonds. The number of carbonyl (C=O) groups excluding carboxylic acids is 1. The van der Waals surface area contributed by atoms with Gasteiger partial charge in [0.15, 0.2) is 0 Å². The molecule has 0 aliphatic rings. The number of carbonyl (C=O) groups is 1. The molecule has 19 heavy (non-hydrogen) atoms. The molecular weight excluding hydrogens is 355 g/mol. The number of amides is 1. The summed E-state index contributed by atoms with van der Waals surface area (Å²) in [5, 5.41) is 2.82.